The highest BCUT2D eigenvalue weighted by Gasteiger charge is 2.18. The number of ketones is 1. The average Bonchev–Trinajstić information content (AvgIpc) is 2.15. The molecule has 0 spiro atoms. The summed E-state index contributed by atoms with van der Waals surface area (Å²) in [7, 11) is 0. The molecule has 1 unspecified atom stereocenters. The molecule has 0 heterocycles. The molecule has 0 saturated carbocycles. The summed E-state index contributed by atoms with van der Waals surface area (Å²) < 4.78 is 13.1. The zero-order valence-corrected chi connectivity index (χ0v) is 9.32. The van der Waals surface area contributed by atoms with Gasteiger partial charge in [-0.2, -0.15) is 4.39 Å². The number of nitro groups is 1. The van der Waals surface area contributed by atoms with Crippen LogP contribution in [0.15, 0.2) is 18.2 Å². The van der Waals surface area contributed by atoms with Gasteiger partial charge in [-0.05, 0) is 19.1 Å². The van der Waals surface area contributed by atoms with Crippen LogP contribution in [0.3, 0.4) is 0 Å². The standard InChI is InChI=1S/C9H7BrFNO3/c1-5(10)9(13)6-2-3-8(12(14)15)7(11)4-6/h2-5H,1H3. The predicted octanol–water partition coefficient (Wildman–Crippen LogP) is 2.70. The zero-order valence-electron chi connectivity index (χ0n) is 7.74. The van der Waals surface area contributed by atoms with Gasteiger partial charge in [-0.25, -0.2) is 0 Å². The third-order valence-corrected chi connectivity index (χ3v) is 2.21. The van der Waals surface area contributed by atoms with Crippen molar-refractivity contribution < 1.29 is 14.1 Å². The molecule has 1 atom stereocenters. The van der Waals surface area contributed by atoms with Crippen molar-refractivity contribution in [3.63, 3.8) is 0 Å². The van der Waals surface area contributed by atoms with Gasteiger partial charge in [0.25, 0.3) is 0 Å². The zero-order chi connectivity index (χ0) is 11.6. The Labute approximate surface area is 93.4 Å². The Kier molecular flexibility index (Phi) is 3.52. The highest BCUT2D eigenvalue weighted by Crippen LogP contribution is 2.19. The normalized spacial score (nSPS) is 12.2. The number of hydrogen-bond acceptors (Lipinski definition) is 3. The number of halogens is 2. The fraction of sp³-hybridized carbons (Fsp3) is 0.222. The van der Waals surface area contributed by atoms with Gasteiger partial charge in [0.05, 0.1) is 9.75 Å². The van der Waals surface area contributed by atoms with Crippen molar-refractivity contribution in [2.75, 3.05) is 0 Å². The Morgan fingerprint density at radius 2 is 2.20 bits per heavy atom. The second-order valence-corrected chi connectivity index (χ2v) is 4.28. The van der Waals surface area contributed by atoms with Crippen LogP contribution in [0.1, 0.15) is 17.3 Å². The van der Waals surface area contributed by atoms with Crippen LogP contribution < -0.4 is 0 Å². The molecule has 0 aliphatic rings. The van der Waals surface area contributed by atoms with Crippen molar-refractivity contribution in [1.82, 2.24) is 0 Å². The van der Waals surface area contributed by atoms with Gasteiger partial charge in [0, 0.05) is 11.6 Å². The summed E-state index contributed by atoms with van der Waals surface area (Å²) in [5.41, 5.74) is -0.517. The largest absolute Gasteiger partial charge is 0.304 e. The summed E-state index contributed by atoms with van der Waals surface area (Å²) in [5.74, 6) is -1.32. The molecule has 15 heavy (non-hydrogen) atoms. The van der Waals surface area contributed by atoms with Gasteiger partial charge in [-0.15, -0.1) is 0 Å². The Morgan fingerprint density at radius 3 is 2.60 bits per heavy atom. The highest BCUT2D eigenvalue weighted by atomic mass is 79.9. The average molecular weight is 276 g/mol. The van der Waals surface area contributed by atoms with Gasteiger partial charge in [0.15, 0.2) is 5.78 Å². The van der Waals surface area contributed by atoms with Crippen LogP contribution in [0, 0.1) is 15.9 Å². The molecule has 0 radical (unpaired) electrons. The minimum absolute atomic E-state index is 0.113. The van der Waals surface area contributed by atoms with E-state index in [0.717, 1.165) is 12.1 Å². The maximum atomic E-state index is 13.1. The number of nitrogens with zero attached hydrogens (tertiary/aromatic N) is 1. The van der Waals surface area contributed by atoms with Crippen molar-refractivity contribution >= 4 is 27.4 Å². The number of carbonyl (C=O) groups excluding carboxylic acids is 1. The van der Waals surface area contributed by atoms with E-state index in [1.54, 1.807) is 6.92 Å². The maximum absolute atomic E-state index is 13.1. The second kappa shape index (κ2) is 4.48. The summed E-state index contributed by atoms with van der Waals surface area (Å²) in [6, 6.07) is 3.09. The maximum Gasteiger partial charge on any atom is 0.304 e. The number of benzene rings is 1. The summed E-state index contributed by atoms with van der Waals surface area (Å²) in [6.07, 6.45) is 0. The molecular weight excluding hydrogens is 269 g/mol. The number of Topliss-reactive ketones (excluding diaryl/α,β-unsaturated/α-hetero) is 1. The van der Waals surface area contributed by atoms with Crippen LogP contribution in [0.5, 0.6) is 0 Å². The predicted molar refractivity (Wildman–Crippen MR) is 55.8 cm³/mol. The highest BCUT2D eigenvalue weighted by molar-refractivity contribution is 9.10. The Balaban J connectivity index is 3.12. The molecule has 0 bridgehead atoms. The lowest BCUT2D eigenvalue weighted by Crippen LogP contribution is -2.10. The van der Waals surface area contributed by atoms with Crippen LogP contribution in [-0.2, 0) is 0 Å². The van der Waals surface area contributed by atoms with E-state index in [4.69, 9.17) is 0 Å². The van der Waals surface area contributed by atoms with Crippen molar-refractivity contribution in [1.29, 1.82) is 0 Å². The lowest BCUT2D eigenvalue weighted by Gasteiger charge is -2.02. The molecule has 0 aromatic heterocycles. The lowest BCUT2D eigenvalue weighted by atomic mass is 10.1. The first-order valence-electron chi connectivity index (χ1n) is 4.05. The Bertz CT molecular complexity index is 420. The molecule has 0 fully saturated rings. The van der Waals surface area contributed by atoms with Gasteiger partial charge in [-0.1, -0.05) is 15.9 Å². The van der Waals surface area contributed by atoms with Gasteiger partial charge in [0.2, 0.25) is 5.82 Å². The quantitative estimate of drug-likeness (QED) is 0.369. The molecule has 4 nitrogen and oxygen atoms in total. The molecule has 1 aromatic rings. The van der Waals surface area contributed by atoms with Crippen molar-refractivity contribution in [3.05, 3.63) is 39.7 Å². The molecule has 0 amide bonds. The molecule has 6 heteroatoms. The summed E-state index contributed by atoms with van der Waals surface area (Å²) in [5, 5.41) is 10.3. The third kappa shape index (κ3) is 2.59. The number of alkyl halides is 1. The number of nitro benzene ring substituents is 1. The van der Waals surface area contributed by atoms with Crippen molar-refractivity contribution in [3.8, 4) is 0 Å². The molecule has 80 valence electrons. The van der Waals surface area contributed by atoms with E-state index in [1.165, 1.54) is 6.07 Å². The third-order valence-electron chi connectivity index (χ3n) is 1.79. The van der Waals surface area contributed by atoms with Crippen LogP contribution in [0.4, 0.5) is 10.1 Å². The molecule has 1 aromatic carbocycles. The minimum Gasteiger partial charge on any atom is -0.293 e. The molecule has 0 saturated heterocycles. The topological polar surface area (TPSA) is 60.2 Å². The molecule has 0 N–H and O–H groups in total. The summed E-state index contributed by atoms with van der Waals surface area (Å²) >= 11 is 3.04. The summed E-state index contributed by atoms with van der Waals surface area (Å²) in [6.45, 7) is 1.60. The fourth-order valence-corrected chi connectivity index (χ4v) is 1.30. The van der Waals surface area contributed by atoms with Gasteiger partial charge >= 0.3 is 5.69 Å². The second-order valence-electron chi connectivity index (χ2n) is 2.90. The van der Waals surface area contributed by atoms with E-state index in [2.05, 4.69) is 15.9 Å². The van der Waals surface area contributed by atoms with Crippen LogP contribution in [0.2, 0.25) is 0 Å². The van der Waals surface area contributed by atoms with Crippen LogP contribution >= 0.6 is 15.9 Å². The van der Waals surface area contributed by atoms with E-state index < -0.39 is 21.3 Å². The fourth-order valence-electron chi connectivity index (χ4n) is 1.04. The number of carbonyl (C=O) groups is 1. The smallest absolute Gasteiger partial charge is 0.293 e. The van der Waals surface area contributed by atoms with Crippen LogP contribution in [0.25, 0.3) is 0 Å². The summed E-state index contributed by atoms with van der Waals surface area (Å²) in [4.78, 5) is 20.4. The molecule has 0 aliphatic carbocycles. The Morgan fingerprint density at radius 1 is 1.60 bits per heavy atom. The first-order chi connectivity index (χ1) is 6.93. The first kappa shape index (κ1) is 11.8. The molecular formula is C9H7BrFNO3. The van der Waals surface area contributed by atoms with E-state index in [0.29, 0.717) is 0 Å². The minimum atomic E-state index is -1.00. The Hall–Kier alpha value is -1.30. The SMILES string of the molecule is CC(Br)C(=O)c1ccc([N+](=O)[O-])c(F)c1. The van der Waals surface area contributed by atoms with Crippen molar-refractivity contribution in [2.24, 2.45) is 0 Å². The lowest BCUT2D eigenvalue weighted by molar-refractivity contribution is -0.387. The van der Waals surface area contributed by atoms with Gasteiger partial charge in [-0.3, -0.25) is 14.9 Å². The van der Waals surface area contributed by atoms with E-state index >= 15 is 0 Å². The molecule has 0 aliphatic heterocycles. The van der Waals surface area contributed by atoms with Crippen LogP contribution in [-0.4, -0.2) is 15.5 Å². The van der Waals surface area contributed by atoms with Gasteiger partial charge < -0.3 is 0 Å². The first-order valence-corrected chi connectivity index (χ1v) is 4.97. The van der Waals surface area contributed by atoms with Gasteiger partial charge in [0.1, 0.15) is 0 Å². The number of hydrogen-bond donors (Lipinski definition) is 0. The van der Waals surface area contributed by atoms with E-state index in [9.17, 15) is 19.3 Å². The number of rotatable bonds is 3. The monoisotopic (exact) mass is 275 g/mol. The molecule has 1 rings (SSSR count). The van der Waals surface area contributed by atoms with E-state index in [-0.39, 0.29) is 11.3 Å². The van der Waals surface area contributed by atoms with E-state index in [1.807, 2.05) is 0 Å². The van der Waals surface area contributed by atoms with Crippen molar-refractivity contribution in [2.45, 2.75) is 11.8 Å².